The maximum atomic E-state index is 13.2. The minimum atomic E-state index is -1.03. The lowest BCUT2D eigenvalue weighted by molar-refractivity contribution is -0.385. The van der Waals surface area contributed by atoms with E-state index < -0.39 is 22.8 Å². The number of nitrogens with zero attached hydrogens (tertiary/aromatic N) is 4. The van der Waals surface area contributed by atoms with Crippen molar-refractivity contribution in [3.63, 3.8) is 0 Å². The number of fused-ring (bicyclic) bond motifs is 1. The number of nitro benzene ring substituents is 1. The van der Waals surface area contributed by atoms with Crippen molar-refractivity contribution < 1.29 is 24.4 Å². The number of carboxylic acids is 1. The standard InChI is InChI=1S/C23H23N5O6S/c29-21(10-16-5-3-9-35-16)27-13-20-17(11-19(27)23(32)24-8-7-22(30)31)25-14-26(20)12-15-4-1-2-6-18(15)28(33)34/h1-6,9,14,19H,7-8,10-13H2,(H,24,32)(H,30,31). The van der Waals surface area contributed by atoms with Crippen LogP contribution in [-0.4, -0.2) is 54.9 Å². The Morgan fingerprint density at radius 2 is 2.03 bits per heavy atom. The molecule has 0 bridgehead atoms. The lowest BCUT2D eigenvalue weighted by atomic mass is 10.0. The molecule has 0 saturated carbocycles. The molecule has 1 atom stereocenters. The number of hydrogen-bond donors (Lipinski definition) is 2. The molecule has 0 aliphatic carbocycles. The lowest BCUT2D eigenvalue weighted by Crippen LogP contribution is -2.53. The molecule has 0 spiro atoms. The fourth-order valence-corrected chi connectivity index (χ4v) is 4.78. The lowest BCUT2D eigenvalue weighted by Gasteiger charge is -2.35. The van der Waals surface area contributed by atoms with Gasteiger partial charge in [-0.2, -0.15) is 0 Å². The highest BCUT2D eigenvalue weighted by Crippen LogP contribution is 2.27. The number of nitrogens with one attached hydrogen (secondary N) is 1. The molecular formula is C23H23N5O6S. The molecule has 3 aromatic rings. The van der Waals surface area contributed by atoms with Gasteiger partial charge in [0, 0.05) is 29.5 Å². The molecule has 11 nitrogen and oxygen atoms in total. The number of nitro groups is 1. The van der Waals surface area contributed by atoms with E-state index in [9.17, 15) is 24.5 Å². The van der Waals surface area contributed by atoms with Gasteiger partial charge in [-0.05, 0) is 11.4 Å². The molecule has 35 heavy (non-hydrogen) atoms. The van der Waals surface area contributed by atoms with Crippen molar-refractivity contribution in [2.24, 2.45) is 0 Å². The van der Waals surface area contributed by atoms with Gasteiger partial charge in [0.2, 0.25) is 11.8 Å². The van der Waals surface area contributed by atoms with Gasteiger partial charge in [-0.1, -0.05) is 24.3 Å². The number of imidazole rings is 1. The Morgan fingerprint density at radius 3 is 2.74 bits per heavy atom. The van der Waals surface area contributed by atoms with Crippen molar-refractivity contribution >= 4 is 34.8 Å². The Bertz CT molecular complexity index is 1260. The molecule has 1 aromatic carbocycles. The number of carbonyl (C=O) groups is 3. The Hall–Kier alpha value is -4.06. The van der Waals surface area contributed by atoms with Gasteiger partial charge in [-0.3, -0.25) is 24.5 Å². The molecule has 1 aliphatic heterocycles. The zero-order valence-electron chi connectivity index (χ0n) is 18.6. The summed E-state index contributed by atoms with van der Waals surface area (Å²) in [7, 11) is 0. The topological polar surface area (TPSA) is 148 Å². The summed E-state index contributed by atoms with van der Waals surface area (Å²) >= 11 is 1.44. The monoisotopic (exact) mass is 497 g/mol. The molecule has 0 radical (unpaired) electrons. The molecule has 1 aliphatic rings. The molecule has 2 N–H and O–H groups in total. The molecule has 0 fully saturated rings. The van der Waals surface area contributed by atoms with Crippen LogP contribution in [0.4, 0.5) is 5.69 Å². The van der Waals surface area contributed by atoms with Crippen molar-refractivity contribution in [1.29, 1.82) is 0 Å². The number of carbonyl (C=O) groups excluding carboxylic acids is 2. The van der Waals surface area contributed by atoms with E-state index >= 15 is 0 Å². The van der Waals surface area contributed by atoms with Crippen LogP contribution >= 0.6 is 11.3 Å². The van der Waals surface area contributed by atoms with Crippen LogP contribution in [0.25, 0.3) is 0 Å². The Balaban J connectivity index is 1.60. The predicted molar refractivity (Wildman–Crippen MR) is 126 cm³/mol. The number of aromatic nitrogens is 2. The summed E-state index contributed by atoms with van der Waals surface area (Å²) in [4.78, 5) is 54.7. The van der Waals surface area contributed by atoms with Crippen LogP contribution in [-0.2, 0) is 40.3 Å². The molecule has 3 heterocycles. The Labute approximate surface area is 204 Å². The Morgan fingerprint density at radius 1 is 1.23 bits per heavy atom. The van der Waals surface area contributed by atoms with Crippen molar-refractivity contribution in [1.82, 2.24) is 19.8 Å². The second-order valence-electron chi connectivity index (χ2n) is 8.08. The van der Waals surface area contributed by atoms with Crippen molar-refractivity contribution in [2.45, 2.75) is 38.4 Å². The van der Waals surface area contributed by atoms with Crippen LogP contribution in [0.2, 0.25) is 0 Å². The molecule has 12 heteroatoms. The first kappa shape index (κ1) is 24.1. The van der Waals surface area contributed by atoms with Gasteiger partial charge >= 0.3 is 5.97 Å². The smallest absolute Gasteiger partial charge is 0.305 e. The van der Waals surface area contributed by atoms with Crippen LogP contribution in [0.3, 0.4) is 0 Å². The number of thiophene rings is 1. The van der Waals surface area contributed by atoms with Gasteiger partial charge in [0.05, 0.1) is 48.6 Å². The number of benzene rings is 1. The summed E-state index contributed by atoms with van der Waals surface area (Å²) in [6, 6.07) is 9.29. The van der Waals surface area contributed by atoms with Gasteiger partial charge in [-0.25, -0.2) is 4.98 Å². The van der Waals surface area contributed by atoms with E-state index in [4.69, 9.17) is 5.11 Å². The van der Waals surface area contributed by atoms with E-state index in [1.807, 2.05) is 17.5 Å². The number of amides is 2. The van der Waals surface area contributed by atoms with Gasteiger partial charge in [0.25, 0.3) is 5.69 Å². The largest absolute Gasteiger partial charge is 0.481 e. The SMILES string of the molecule is O=C(O)CCNC(=O)C1Cc2ncn(Cc3ccccc3[N+](=O)[O-])c2CN1C(=O)Cc1cccs1. The molecule has 4 rings (SSSR count). The minimum Gasteiger partial charge on any atom is -0.481 e. The third-order valence-corrected chi connectivity index (χ3v) is 6.69. The van der Waals surface area contributed by atoms with Crippen LogP contribution in [0.5, 0.6) is 0 Å². The highest BCUT2D eigenvalue weighted by Gasteiger charge is 2.37. The fraction of sp³-hybridized carbons (Fsp3) is 0.304. The highest BCUT2D eigenvalue weighted by molar-refractivity contribution is 7.10. The second kappa shape index (κ2) is 10.5. The van der Waals surface area contributed by atoms with Crippen molar-refractivity contribution in [3.05, 3.63) is 80.0 Å². The van der Waals surface area contributed by atoms with E-state index in [-0.39, 0.29) is 50.5 Å². The first-order valence-electron chi connectivity index (χ1n) is 10.9. The number of para-hydroxylation sites is 1. The molecular weight excluding hydrogens is 474 g/mol. The summed E-state index contributed by atoms with van der Waals surface area (Å²) in [5.41, 5.74) is 1.83. The van der Waals surface area contributed by atoms with Crippen molar-refractivity contribution in [2.75, 3.05) is 6.54 Å². The molecule has 2 amide bonds. The van der Waals surface area contributed by atoms with E-state index in [2.05, 4.69) is 10.3 Å². The molecule has 2 aromatic heterocycles. The van der Waals surface area contributed by atoms with E-state index in [0.717, 1.165) is 4.88 Å². The highest BCUT2D eigenvalue weighted by atomic mass is 32.1. The van der Waals surface area contributed by atoms with E-state index in [1.165, 1.54) is 22.3 Å². The van der Waals surface area contributed by atoms with Crippen LogP contribution < -0.4 is 5.32 Å². The van der Waals surface area contributed by atoms with E-state index in [0.29, 0.717) is 17.0 Å². The first-order chi connectivity index (χ1) is 16.8. The van der Waals surface area contributed by atoms with Crippen LogP contribution in [0.15, 0.2) is 48.1 Å². The van der Waals surface area contributed by atoms with Gasteiger partial charge in [0.15, 0.2) is 0 Å². The summed E-state index contributed by atoms with van der Waals surface area (Å²) < 4.78 is 1.77. The third-order valence-electron chi connectivity index (χ3n) is 5.81. The van der Waals surface area contributed by atoms with Gasteiger partial charge in [0.1, 0.15) is 6.04 Å². The minimum absolute atomic E-state index is 0.00734. The average Bonchev–Trinajstić information content (AvgIpc) is 3.48. The number of aliphatic carboxylic acids is 1. The number of rotatable bonds is 9. The van der Waals surface area contributed by atoms with Crippen LogP contribution in [0.1, 0.15) is 28.2 Å². The van der Waals surface area contributed by atoms with Gasteiger partial charge in [-0.15, -0.1) is 11.3 Å². The maximum absolute atomic E-state index is 13.2. The number of carboxylic acid groups (broad SMARTS) is 1. The van der Waals surface area contributed by atoms with E-state index in [1.54, 1.807) is 29.1 Å². The van der Waals surface area contributed by atoms with Gasteiger partial charge < -0.3 is 19.9 Å². The normalized spacial score (nSPS) is 14.9. The summed E-state index contributed by atoms with van der Waals surface area (Å²) in [6.45, 7) is 0.260. The third kappa shape index (κ3) is 5.54. The predicted octanol–water partition coefficient (Wildman–Crippen LogP) is 1.99. The second-order valence-corrected chi connectivity index (χ2v) is 9.12. The average molecular weight is 498 g/mol. The quantitative estimate of drug-likeness (QED) is 0.339. The molecule has 182 valence electrons. The van der Waals surface area contributed by atoms with Crippen molar-refractivity contribution in [3.8, 4) is 0 Å². The molecule has 0 saturated heterocycles. The maximum Gasteiger partial charge on any atom is 0.305 e. The summed E-state index contributed by atoms with van der Waals surface area (Å²) in [6.07, 6.45) is 1.63. The van der Waals surface area contributed by atoms with Crippen LogP contribution in [0, 0.1) is 10.1 Å². The zero-order valence-corrected chi connectivity index (χ0v) is 19.4. The number of hydrogen-bond acceptors (Lipinski definition) is 7. The molecule has 1 unspecified atom stereocenters. The summed E-state index contributed by atoms with van der Waals surface area (Å²) in [5.74, 6) is -1.71. The summed E-state index contributed by atoms with van der Waals surface area (Å²) in [5, 5.41) is 24.8. The fourth-order valence-electron chi connectivity index (χ4n) is 4.08. The Kier molecular flexibility index (Phi) is 7.20. The first-order valence-corrected chi connectivity index (χ1v) is 11.8. The zero-order chi connectivity index (χ0) is 24.9.